The van der Waals surface area contributed by atoms with Crippen molar-refractivity contribution in [3.8, 4) is 0 Å². The molecule has 0 radical (unpaired) electrons. The molecule has 0 N–H and O–H groups in total. The Morgan fingerprint density at radius 2 is 1.21 bits per heavy atom. The second kappa shape index (κ2) is 7.15. The molecule has 3 aromatic rings. The fraction of sp³-hybridized carbons (Fsp3) is 0.304. The van der Waals surface area contributed by atoms with E-state index >= 15 is 0 Å². The van der Waals surface area contributed by atoms with Gasteiger partial charge in [0.05, 0.1) is 28.5 Å². The first kappa shape index (κ1) is 18.8. The maximum atomic E-state index is 6.17. The van der Waals surface area contributed by atoms with Gasteiger partial charge in [0, 0.05) is 12.4 Å². The lowest BCUT2D eigenvalue weighted by Crippen LogP contribution is -2.41. The lowest BCUT2D eigenvalue weighted by molar-refractivity contribution is 0.00578. The van der Waals surface area contributed by atoms with Crippen LogP contribution in [0.2, 0.25) is 0 Å². The van der Waals surface area contributed by atoms with Crippen LogP contribution in [-0.2, 0) is 9.31 Å². The van der Waals surface area contributed by atoms with Crippen molar-refractivity contribution >= 4 is 12.6 Å². The lowest BCUT2D eigenvalue weighted by atomic mass is 9.78. The molecule has 0 aliphatic carbocycles. The van der Waals surface area contributed by atoms with Crippen molar-refractivity contribution in [2.24, 2.45) is 0 Å². The Morgan fingerprint density at radius 1 is 0.714 bits per heavy atom. The van der Waals surface area contributed by atoms with Crippen LogP contribution in [0, 0.1) is 0 Å². The quantitative estimate of drug-likeness (QED) is 0.651. The van der Waals surface area contributed by atoms with E-state index in [9.17, 15) is 0 Å². The first-order valence-corrected chi connectivity index (χ1v) is 9.65. The molecule has 4 nitrogen and oxygen atoms in total. The molecule has 1 saturated heterocycles. The molecule has 1 fully saturated rings. The van der Waals surface area contributed by atoms with Crippen LogP contribution in [0.25, 0.3) is 0 Å². The highest BCUT2D eigenvalue weighted by molar-refractivity contribution is 6.62. The van der Waals surface area contributed by atoms with Crippen LogP contribution in [0.4, 0.5) is 0 Å². The minimum atomic E-state index is -0.359. The van der Waals surface area contributed by atoms with Crippen molar-refractivity contribution in [2.45, 2.75) is 44.8 Å². The van der Waals surface area contributed by atoms with Gasteiger partial charge in [-0.2, -0.15) is 0 Å². The summed E-state index contributed by atoms with van der Waals surface area (Å²) < 4.78 is 12.3. The van der Waals surface area contributed by atoms with E-state index in [0.717, 1.165) is 22.4 Å². The Balaban J connectivity index is 1.66. The largest absolute Gasteiger partial charge is 0.494 e. The Bertz CT molecular complexity index is 872. The summed E-state index contributed by atoms with van der Waals surface area (Å²) in [7, 11) is -0.359. The number of aromatic nitrogens is 2. The van der Waals surface area contributed by atoms with E-state index < -0.39 is 0 Å². The summed E-state index contributed by atoms with van der Waals surface area (Å²) in [6.07, 6.45) is 3.65. The van der Waals surface area contributed by atoms with Gasteiger partial charge in [0.2, 0.25) is 0 Å². The number of hydrogen-bond donors (Lipinski definition) is 0. The topological polar surface area (TPSA) is 44.2 Å². The maximum Gasteiger partial charge on any atom is 0.494 e. The first-order valence-electron chi connectivity index (χ1n) is 9.65. The molecule has 0 saturated carbocycles. The van der Waals surface area contributed by atoms with Gasteiger partial charge >= 0.3 is 7.12 Å². The molecule has 0 amide bonds. The Morgan fingerprint density at radius 3 is 1.64 bits per heavy atom. The van der Waals surface area contributed by atoms with E-state index in [1.807, 2.05) is 48.8 Å². The van der Waals surface area contributed by atoms with Gasteiger partial charge in [-0.05, 0) is 63.0 Å². The maximum absolute atomic E-state index is 6.17. The fourth-order valence-electron chi connectivity index (χ4n) is 3.41. The molecule has 4 rings (SSSR count). The minimum Gasteiger partial charge on any atom is -0.399 e. The zero-order valence-electron chi connectivity index (χ0n) is 16.8. The third-order valence-corrected chi connectivity index (χ3v) is 5.76. The van der Waals surface area contributed by atoms with Crippen LogP contribution in [0.5, 0.6) is 0 Å². The number of benzene rings is 1. The molecular formula is C23H25BN2O2. The molecule has 0 spiro atoms. The minimum absolute atomic E-state index is 0.0188. The van der Waals surface area contributed by atoms with Gasteiger partial charge in [-0.25, -0.2) is 0 Å². The van der Waals surface area contributed by atoms with E-state index in [2.05, 4.69) is 61.9 Å². The number of rotatable bonds is 4. The van der Waals surface area contributed by atoms with Crippen molar-refractivity contribution in [3.63, 3.8) is 0 Å². The van der Waals surface area contributed by atoms with Crippen LogP contribution in [0.3, 0.4) is 0 Å². The van der Waals surface area contributed by atoms with Gasteiger partial charge in [0.15, 0.2) is 0 Å². The molecule has 1 aromatic carbocycles. The summed E-state index contributed by atoms with van der Waals surface area (Å²) in [6.45, 7) is 8.28. The molecule has 1 aliphatic heterocycles. The molecular weight excluding hydrogens is 347 g/mol. The highest BCUT2D eigenvalue weighted by atomic mass is 16.7. The predicted molar refractivity (Wildman–Crippen MR) is 112 cm³/mol. The highest BCUT2D eigenvalue weighted by Gasteiger charge is 2.51. The van der Waals surface area contributed by atoms with Gasteiger partial charge in [0.1, 0.15) is 0 Å². The van der Waals surface area contributed by atoms with Gasteiger partial charge in [-0.3, -0.25) is 9.97 Å². The van der Waals surface area contributed by atoms with E-state index in [-0.39, 0.29) is 24.2 Å². The first-order chi connectivity index (χ1) is 13.4. The molecule has 5 heteroatoms. The third kappa shape index (κ3) is 3.48. The van der Waals surface area contributed by atoms with Gasteiger partial charge < -0.3 is 9.31 Å². The zero-order valence-corrected chi connectivity index (χ0v) is 16.8. The zero-order chi connectivity index (χ0) is 19.8. The van der Waals surface area contributed by atoms with Crippen molar-refractivity contribution in [2.75, 3.05) is 0 Å². The summed E-state index contributed by atoms with van der Waals surface area (Å²) in [5, 5.41) is 0. The number of hydrogen-bond acceptors (Lipinski definition) is 4. The second-order valence-electron chi connectivity index (χ2n) is 8.20. The van der Waals surface area contributed by atoms with E-state index in [1.165, 1.54) is 0 Å². The van der Waals surface area contributed by atoms with Crippen LogP contribution in [-0.4, -0.2) is 28.3 Å². The normalized spacial score (nSPS) is 17.8. The summed E-state index contributed by atoms with van der Waals surface area (Å²) in [4.78, 5) is 9.16. The van der Waals surface area contributed by atoms with Gasteiger partial charge in [0.25, 0.3) is 0 Å². The molecule has 0 atom stereocenters. The smallest absolute Gasteiger partial charge is 0.399 e. The highest BCUT2D eigenvalue weighted by Crippen LogP contribution is 2.36. The molecule has 2 aromatic heterocycles. The van der Waals surface area contributed by atoms with Crippen molar-refractivity contribution < 1.29 is 9.31 Å². The van der Waals surface area contributed by atoms with Crippen LogP contribution >= 0.6 is 0 Å². The Hall–Kier alpha value is -2.50. The monoisotopic (exact) mass is 372 g/mol. The standard InChI is InChI=1S/C23H25BN2O2/c1-22(2)23(3,4)28-24(27-22)18-13-11-17(12-14-18)21(19-9-5-7-15-25-19)20-10-6-8-16-26-20/h5-16,21H,1-4H3. The van der Waals surface area contributed by atoms with Crippen LogP contribution < -0.4 is 5.46 Å². The summed E-state index contributed by atoms with van der Waals surface area (Å²) in [5.74, 6) is -0.0188. The Kier molecular flexibility index (Phi) is 4.82. The summed E-state index contributed by atoms with van der Waals surface area (Å²) in [5.41, 5.74) is 3.41. The summed E-state index contributed by atoms with van der Waals surface area (Å²) >= 11 is 0. The van der Waals surface area contributed by atoms with E-state index in [4.69, 9.17) is 9.31 Å². The second-order valence-corrected chi connectivity index (χ2v) is 8.20. The van der Waals surface area contributed by atoms with E-state index in [0.29, 0.717) is 0 Å². The van der Waals surface area contributed by atoms with Gasteiger partial charge in [-0.1, -0.05) is 36.4 Å². The molecule has 142 valence electrons. The van der Waals surface area contributed by atoms with Gasteiger partial charge in [-0.15, -0.1) is 0 Å². The predicted octanol–water partition coefficient (Wildman–Crippen LogP) is 3.96. The molecule has 1 aliphatic rings. The average Bonchev–Trinajstić information content (AvgIpc) is 2.92. The Labute approximate surface area is 167 Å². The van der Waals surface area contributed by atoms with E-state index in [1.54, 1.807) is 0 Å². The van der Waals surface area contributed by atoms with Crippen molar-refractivity contribution in [3.05, 3.63) is 90.0 Å². The average molecular weight is 372 g/mol. The number of nitrogens with zero attached hydrogens (tertiary/aromatic N) is 2. The molecule has 3 heterocycles. The SMILES string of the molecule is CC1(C)OB(c2ccc(C(c3ccccn3)c3ccccn3)cc2)OC1(C)C. The fourth-order valence-corrected chi connectivity index (χ4v) is 3.41. The molecule has 28 heavy (non-hydrogen) atoms. The van der Waals surface area contributed by atoms with Crippen LogP contribution in [0.1, 0.15) is 50.6 Å². The summed E-state index contributed by atoms with van der Waals surface area (Å²) in [6, 6.07) is 20.4. The van der Waals surface area contributed by atoms with Crippen LogP contribution in [0.15, 0.2) is 73.1 Å². The third-order valence-electron chi connectivity index (χ3n) is 5.76. The van der Waals surface area contributed by atoms with Crippen molar-refractivity contribution in [1.82, 2.24) is 9.97 Å². The number of pyridine rings is 2. The lowest BCUT2D eigenvalue weighted by Gasteiger charge is -2.32. The molecule has 0 bridgehead atoms. The van der Waals surface area contributed by atoms with Crippen molar-refractivity contribution in [1.29, 1.82) is 0 Å². The molecule has 0 unspecified atom stereocenters.